The molecule has 3 aliphatic rings. The minimum Gasteiger partial charge on any atom is -0.352 e. The van der Waals surface area contributed by atoms with Crippen LogP contribution in [0.25, 0.3) is 0 Å². The van der Waals surface area contributed by atoms with E-state index in [1.165, 1.54) is 25.7 Å². The molecule has 1 aliphatic carbocycles. The fourth-order valence-corrected chi connectivity index (χ4v) is 4.25. The van der Waals surface area contributed by atoms with E-state index in [4.69, 9.17) is 0 Å². The van der Waals surface area contributed by atoms with Crippen molar-refractivity contribution in [3.05, 3.63) is 0 Å². The third kappa shape index (κ3) is 2.52. The predicted molar refractivity (Wildman–Crippen MR) is 75.9 cm³/mol. The van der Waals surface area contributed by atoms with Crippen LogP contribution in [0, 0.1) is 11.8 Å². The van der Waals surface area contributed by atoms with Crippen LogP contribution in [0.2, 0.25) is 0 Å². The Morgan fingerprint density at radius 1 is 1.32 bits per heavy atom. The molecule has 2 heterocycles. The molecule has 0 aromatic rings. The molecule has 19 heavy (non-hydrogen) atoms. The summed E-state index contributed by atoms with van der Waals surface area (Å²) in [4.78, 5) is 14.8. The molecule has 3 fully saturated rings. The first-order chi connectivity index (χ1) is 9.16. The lowest BCUT2D eigenvalue weighted by Crippen LogP contribution is -2.50. The summed E-state index contributed by atoms with van der Waals surface area (Å²) in [5.41, 5.74) is 0. The summed E-state index contributed by atoms with van der Waals surface area (Å²) in [7, 11) is 0. The number of fused-ring (bicyclic) bond motifs is 1. The smallest absolute Gasteiger partial charge is 0.237 e. The zero-order chi connectivity index (χ0) is 13.4. The Morgan fingerprint density at radius 2 is 2.05 bits per heavy atom. The average Bonchev–Trinajstić information content (AvgIpc) is 3.08. The number of nitrogens with zero attached hydrogens (tertiary/aromatic N) is 1. The van der Waals surface area contributed by atoms with Crippen LogP contribution in [0.15, 0.2) is 0 Å². The van der Waals surface area contributed by atoms with E-state index in [0.717, 1.165) is 31.5 Å². The highest BCUT2D eigenvalue weighted by Crippen LogP contribution is 2.33. The summed E-state index contributed by atoms with van der Waals surface area (Å²) in [6, 6.07) is 1.000. The zero-order valence-corrected chi connectivity index (χ0v) is 12.2. The van der Waals surface area contributed by atoms with Crippen molar-refractivity contribution >= 4 is 5.91 Å². The van der Waals surface area contributed by atoms with Crippen LogP contribution in [0.1, 0.15) is 39.5 Å². The fourth-order valence-electron chi connectivity index (χ4n) is 4.25. The van der Waals surface area contributed by atoms with Crippen molar-refractivity contribution in [1.29, 1.82) is 0 Å². The van der Waals surface area contributed by atoms with Crippen LogP contribution < -0.4 is 10.6 Å². The molecule has 2 saturated heterocycles. The summed E-state index contributed by atoms with van der Waals surface area (Å²) in [6.45, 7) is 7.70. The van der Waals surface area contributed by atoms with Gasteiger partial charge in [0.25, 0.3) is 0 Å². The first-order valence-corrected chi connectivity index (χ1v) is 7.93. The van der Waals surface area contributed by atoms with Crippen molar-refractivity contribution in [3.8, 4) is 0 Å². The Morgan fingerprint density at radius 3 is 2.74 bits per heavy atom. The number of hydrogen-bond acceptors (Lipinski definition) is 3. The van der Waals surface area contributed by atoms with Gasteiger partial charge in [-0.1, -0.05) is 12.8 Å². The third-order valence-electron chi connectivity index (χ3n) is 5.56. The second kappa shape index (κ2) is 5.41. The van der Waals surface area contributed by atoms with Crippen LogP contribution in [-0.4, -0.2) is 48.6 Å². The van der Waals surface area contributed by atoms with E-state index in [1.54, 1.807) is 0 Å². The molecule has 108 valence electrons. The SMILES string of the molecule is CC(C(=O)NC1CCCC1)N1CC2CNCC2C1C. The van der Waals surface area contributed by atoms with Gasteiger partial charge in [0, 0.05) is 18.6 Å². The summed E-state index contributed by atoms with van der Waals surface area (Å²) >= 11 is 0. The molecule has 2 N–H and O–H groups in total. The second-order valence-electron chi connectivity index (χ2n) is 6.69. The number of carbonyl (C=O) groups excluding carboxylic acids is 1. The molecular formula is C15H27N3O. The van der Waals surface area contributed by atoms with Crippen molar-refractivity contribution in [3.63, 3.8) is 0 Å². The minimum absolute atomic E-state index is 0.0289. The van der Waals surface area contributed by atoms with Crippen LogP contribution in [-0.2, 0) is 4.79 Å². The molecule has 1 amide bonds. The molecule has 4 nitrogen and oxygen atoms in total. The quantitative estimate of drug-likeness (QED) is 0.799. The van der Waals surface area contributed by atoms with E-state index in [2.05, 4.69) is 29.4 Å². The molecular weight excluding hydrogens is 238 g/mol. The Labute approximate surface area is 116 Å². The van der Waals surface area contributed by atoms with Crippen LogP contribution in [0.4, 0.5) is 0 Å². The monoisotopic (exact) mass is 265 g/mol. The second-order valence-corrected chi connectivity index (χ2v) is 6.69. The number of likely N-dealkylation sites (tertiary alicyclic amines) is 1. The number of amides is 1. The fraction of sp³-hybridized carbons (Fsp3) is 0.933. The molecule has 3 rings (SSSR count). The van der Waals surface area contributed by atoms with Crippen molar-refractivity contribution < 1.29 is 4.79 Å². The molecule has 0 spiro atoms. The summed E-state index contributed by atoms with van der Waals surface area (Å²) in [5.74, 6) is 1.73. The van der Waals surface area contributed by atoms with Gasteiger partial charge in [0.05, 0.1) is 6.04 Å². The van der Waals surface area contributed by atoms with Crippen molar-refractivity contribution in [2.45, 2.75) is 57.7 Å². The highest BCUT2D eigenvalue weighted by Gasteiger charge is 2.44. The maximum Gasteiger partial charge on any atom is 0.237 e. The minimum atomic E-state index is 0.0289. The maximum absolute atomic E-state index is 12.4. The zero-order valence-electron chi connectivity index (χ0n) is 12.2. The molecule has 0 aromatic carbocycles. The summed E-state index contributed by atoms with van der Waals surface area (Å²) < 4.78 is 0. The van der Waals surface area contributed by atoms with Gasteiger partial charge in [-0.05, 0) is 51.6 Å². The van der Waals surface area contributed by atoms with Gasteiger partial charge >= 0.3 is 0 Å². The molecule has 4 atom stereocenters. The lowest BCUT2D eigenvalue weighted by molar-refractivity contribution is -0.127. The lowest BCUT2D eigenvalue weighted by Gasteiger charge is -2.30. The Balaban J connectivity index is 1.57. The highest BCUT2D eigenvalue weighted by molar-refractivity contribution is 5.81. The molecule has 0 aromatic heterocycles. The van der Waals surface area contributed by atoms with E-state index in [-0.39, 0.29) is 11.9 Å². The van der Waals surface area contributed by atoms with Gasteiger partial charge in [-0.15, -0.1) is 0 Å². The normalized spacial score (nSPS) is 37.5. The predicted octanol–water partition coefficient (Wildman–Crippen LogP) is 0.973. The molecule has 0 bridgehead atoms. The van der Waals surface area contributed by atoms with E-state index in [1.807, 2.05) is 0 Å². The van der Waals surface area contributed by atoms with E-state index in [0.29, 0.717) is 12.1 Å². The van der Waals surface area contributed by atoms with Crippen LogP contribution >= 0.6 is 0 Å². The van der Waals surface area contributed by atoms with Gasteiger partial charge in [0.2, 0.25) is 5.91 Å². The number of hydrogen-bond donors (Lipinski definition) is 2. The Kier molecular flexibility index (Phi) is 3.81. The standard InChI is InChI=1S/C15H27N3O/c1-10-14-8-16-7-12(14)9-18(10)11(2)15(19)17-13-5-3-4-6-13/h10-14,16H,3-9H2,1-2H3,(H,17,19). The highest BCUT2D eigenvalue weighted by atomic mass is 16.2. The van der Waals surface area contributed by atoms with Crippen molar-refractivity contribution in [2.24, 2.45) is 11.8 Å². The Bertz CT molecular complexity index is 340. The van der Waals surface area contributed by atoms with Gasteiger partial charge in [-0.2, -0.15) is 0 Å². The third-order valence-corrected chi connectivity index (χ3v) is 5.56. The van der Waals surface area contributed by atoms with E-state index >= 15 is 0 Å². The Hall–Kier alpha value is -0.610. The van der Waals surface area contributed by atoms with Crippen LogP contribution in [0.5, 0.6) is 0 Å². The average molecular weight is 265 g/mol. The number of carbonyl (C=O) groups is 1. The first kappa shape index (κ1) is 13.4. The van der Waals surface area contributed by atoms with Crippen molar-refractivity contribution in [1.82, 2.24) is 15.5 Å². The van der Waals surface area contributed by atoms with Gasteiger partial charge in [0.15, 0.2) is 0 Å². The van der Waals surface area contributed by atoms with Gasteiger partial charge in [0.1, 0.15) is 0 Å². The van der Waals surface area contributed by atoms with Gasteiger partial charge in [-0.25, -0.2) is 0 Å². The molecule has 2 aliphatic heterocycles. The number of rotatable bonds is 3. The lowest BCUT2D eigenvalue weighted by atomic mass is 9.95. The number of nitrogens with one attached hydrogen (secondary N) is 2. The van der Waals surface area contributed by atoms with E-state index < -0.39 is 0 Å². The molecule has 0 radical (unpaired) electrons. The topological polar surface area (TPSA) is 44.4 Å². The molecule has 1 saturated carbocycles. The summed E-state index contributed by atoms with van der Waals surface area (Å²) in [6.07, 6.45) is 4.89. The van der Waals surface area contributed by atoms with Gasteiger partial charge < -0.3 is 10.6 Å². The van der Waals surface area contributed by atoms with E-state index in [9.17, 15) is 4.79 Å². The largest absolute Gasteiger partial charge is 0.352 e. The maximum atomic E-state index is 12.4. The van der Waals surface area contributed by atoms with Crippen molar-refractivity contribution in [2.75, 3.05) is 19.6 Å². The molecule has 4 unspecified atom stereocenters. The van der Waals surface area contributed by atoms with Gasteiger partial charge in [-0.3, -0.25) is 9.69 Å². The first-order valence-electron chi connectivity index (χ1n) is 7.93. The molecule has 4 heteroatoms. The summed E-state index contributed by atoms with van der Waals surface area (Å²) in [5, 5.41) is 6.72. The van der Waals surface area contributed by atoms with Crippen LogP contribution in [0.3, 0.4) is 0 Å².